The molecule has 1 atom stereocenters. The molecule has 2 aromatic rings. The van der Waals surface area contributed by atoms with E-state index < -0.39 is 0 Å². The first-order valence-electron chi connectivity index (χ1n) is 6.33. The molecule has 1 aromatic heterocycles. The van der Waals surface area contributed by atoms with Gasteiger partial charge in [0, 0.05) is 12.1 Å². The van der Waals surface area contributed by atoms with Crippen LogP contribution in [0.5, 0.6) is 5.75 Å². The van der Waals surface area contributed by atoms with Gasteiger partial charge in [-0.3, -0.25) is 4.79 Å². The second-order valence-corrected chi connectivity index (χ2v) is 4.73. The van der Waals surface area contributed by atoms with Crippen LogP contribution in [0.4, 0.5) is 0 Å². The van der Waals surface area contributed by atoms with Crippen molar-refractivity contribution in [1.29, 1.82) is 0 Å². The van der Waals surface area contributed by atoms with E-state index in [2.05, 4.69) is 5.32 Å². The van der Waals surface area contributed by atoms with Gasteiger partial charge in [0.15, 0.2) is 0 Å². The van der Waals surface area contributed by atoms with E-state index in [0.717, 1.165) is 0 Å². The molecule has 0 saturated heterocycles. The molecule has 0 aliphatic carbocycles. The highest BCUT2D eigenvalue weighted by molar-refractivity contribution is 6.31. The predicted octanol–water partition coefficient (Wildman–Crippen LogP) is 3.06. The Labute approximate surface area is 127 Å². The molecule has 21 heavy (non-hydrogen) atoms. The maximum atomic E-state index is 12.2. The molecule has 1 heterocycles. The Morgan fingerprint density at radius 2 is 2.19 bits per heavy atom. The molecule has 0 unspecified atom stereocenters. The summed E-state index contributed by atoms with van der Waals surface area (Å²) in [7, 11) is 3.06. The number of nitrogens with one attached hydrogen (secondary N) is 1. The summed E-state index contributed by atoms with van der Waals surface area (Å²) in [4.78, 5) is 12.2. The van der Waals surface area contributed by atoms with E-state index in [0.29, 0.717) is 22.1 Å². The van der Waals surface area contributed by atoms with Crippen molar-refractivity contribution >= 4 is 17.5 Å². The Morgan fingerprint density at radius 3 is 2.81 bits per heavy atom. The van der Waals surface area contributed by atoms with Gasteiger partial charge in [-0.1, -0.05) is 11.6 Å². The maximum absolute atomic E-state index is 12.2. The van der Waals surface area contributed by atoms with Crippen LogP contribution in [-0.2, 0) is 4.74 Å². The molecular weight excluding hydrogens is 294 g/mol. The zero-order valence-corrected chi connectivity index (χ0v) is 12.5. The standard InChI is InChI=1S/C15H16ClNO4/c1-19-12-6-5-10(16)8-11(12)15(18)17-9-14(20-2)13-4-3-7-21-13/h3-8,14H,9H2,1-2H3,(H,17,18)/t14-/m1/s1. The Hall–Kier alpha value is -1.98. The highest BCUT2D eigenvalue weighted by Gasteiger charge is 2.17. The predicted molar refractivity (Wildman–Crippen MR) is 78.8 cm³/mol. The van der Waals surface area contributed by atoms with Crippen LogP contribution in [0.3, 0.4) is 0 Å². The van der Waals surface area contributed by atoms with Crippen molar-refractivity contribution in [1.82, 2.24) is 5.32 Å². The number of carbonyl (C=O) groups excluding carboxylic acids is 1. The molecule has 0 fully saturated rings. The molecular formula is C15H16ClNO4. The fourth-order valence-electron chi connectivity index (χ4n) is 1.91. The first-order chi connectivity index (χ1) is 10.2. The van der Waals surface area contributed by atoms with E-state index in [-0.39, 0.29) is 18.6 Å². The van der Waals surface area contributed by atoms with E-state index in [1.165, 1.54) is 7.11 Å². The normalized spacial score (nSPS) is 12.0. The lowest BCUT2D eigenvalue weighted by atomic mass is 10.2. The fraction of sp³-hybridized carbons (Fsp3) is 0.267. The lowest BCUT2D eigenvalue weighted by molar-refractivity contribution is 0.0737. The van der Waals surface area contributed by atoms with E-state index in [9.17, 15) is 4.79 Å². The third-order valence-electron chi connectivity index (χ3n) is 3.00. The quantitative estimate of drug-likeness (QED) is 0.891. The van der Waals surface area contributed by atoms with Crippen LogP contribution in [0, 0.1) is 0 Å². The highest BCUT2D eigenvalue weighted by Crippen LogP contribution is 2.23. The topological polar surface area (TPSA) is 60.7 Å². The minimum absolute atomic E-state index is 0.276. The van der Waals surface area contributed by atoms with Crippen molar-refractivity contribution in [3.63, 3.8) is 0 Å². The molecule has 6 heteroatoms. The van der Waals surface area contributed by atoms with Gasteiger partial charge in [0.25, 0.3) is 5.91 Å². The number of furan rings is 1. The van der Waals surface area contributed by atoms with Crippen molar-refractivity contribution in [3.05, 3.63) is 52.9 Å². The van der Waals surface area contributed by atoms with Crippen LogP contribution >= 0.6 is 11.6 Å². The molecule has 0 radical (unpaired) electrons. The van der Waals surface area contributed by atoms with Crippen LogP contribution in [0.15, 0.2) is 41.0 Å². The van der Waals surface area contributed by atoms with Gasteiger partial charge in [-0.2, -0.15) is 0 Å². The van der Waals surface area contributed by atoms with Crippen molar-refractivity contribution in [2.75, 3.05) is 20.8 Å². The van der Waals surface area contributed by atoms with E-state index in [1.54, 1.807) is 43.7 Å². The van der Waals surface area contributed by atoms with Gasteiger partial charge < -0.3 is 19.2 Å². The molecule has 0 bridgehead atoms. The molecule has 1 N–H and O–H groups in total. The zero-order chi connectivity index (χ0) is 15.2. The smallest absolute Gasteiger partial charge is 0.255 e. The highest BCUT2D eigenvalue weighted by atomic mass is 35.5. The van der Waals surface area contributed by atoms with Crippen LogP contribution in [-0.4, -0.2) is 26.7 Å². The number of rotatable bonds is 6. The number of benzene rings is 1. The second kappa shape index (κ2) is 7.15. The van der Waals surface area contributed by atoms with Gasteiger partial charge in [0.05, 0.1) is 25.5 Å². The third kappa shape index (κ3) is 3.77. The molecule has 0 saturated carbocycles. The molecule has 112 valence electrons. The average molecular weight is 310 g/mol. The van der Waals surface area contributed by atoms with Gasteiger partial charge >= 0.3 is 0 Å². The number of carbonyl (C=O) groups is 1. The Bertz CT molecular complexity index is 598. The van der Waals surface area contributed by atoms with Gasteiger partial charge in [-0.25, -0.2) is 0 Å². The van der Waals surface area contributed by atoms with Gasteiger partial charge in [0.2, 0.25) is 0 Å². The van der Waals surface area contributed by atoms with Gasteiger partial charge in [0.1, 0.15) is 17.6 Å². The Balaban J connectivity index is 2.06. The van der Waals surface area contributed by atoms with Crippen molar-refractivity contribution < 1.29 is 18.7 Å². The number of hydrogen-bond acceptors (Lipinski definition) is 4. The van der Waals surface area contributed by atoms with Crippen molar-refractivity contribution in [3.8, 4) is 5.75 Å². The maximum Gasteiger partial charge on any atom is 0.255 e. The Kier molecular flexibility index (Phi) is 5.25. The summed E-state index contributed by atoms with van der Waals surface area (Å²) in [5, 5.41) is 3.25. The minimum Gasteiger partial charge on any atom is -0.496 e. The molecule has 0 aliphatic rings. The second-order valence-electron chi connectivity index (χ2n) is 4.29. The van der Waals surface area contributed by atoms with E-state index in [4.69, 9.17) is 25.5 Å². The third-order valence-corrected chi connectivity index (χ3v) is 3.23. The van der Waals surface area contributed by atoms with E-state index >= 15 is 0 Å². The Morgan fingerprint density at radius 1 is 1.38 bits per heavy atom. The molecule has 2 rings (SSSR count). The first-order valence-corrected chi connectivity index (χ1v) is 6.71. The molecule has 5 nitrogen and oxygen atoms in total. The number of halogens is 1. The largest absolute Gasteiger partial charge is 0.496 e. The minimum atomic E-state index is -0.353. The van der Waals surface area contributed by atoms with E-state index in [1.807, 2.05) is 0 Å². The molecule has 0 spiro atoms. The van der Waals surface area contributed by atoms with Crippen LogP contribution in [0.1, 0.15) is 22.2 Å². The molecule has 0 aliphatic heterocycles. The summed E-state index contributed by atoms with van der Waals surface area (Å²) < 4.78 is 15.7. The number of amides is 1. The number of methoxy groups -OCH3 is 2. The summed E-state index contributed by atoms with van der Waals surface area (Å²) in [5.41, 5.74) is 0.374. The summed E-state index contributed by atoms with van der Waals surface area (Å²) >= 11 is 5.91. The first kappa shape index (κ1) is 15.4. The molecule has 1 aromatic carbocycles. The summed E-state index contributed by atoms with van der Waals surface area (Å²) in [6.45, 7) is 0.276. The van der Waals surface area contributed by atoms with Crippen molar-refractivity contribution in [2.45, 2.75) is 6.10 Å². The van der Waals surface area contributed by atoms with Crippen LogP contribution in [0.25, 0.3) is 0 Å². The fourth-order valence-corrected chi connectivity index (χ4v) is 2.08. The summed E-state index contributed by atoms with van der Waals surface area (Å²) in [5.74, 6) is 0.822. The average Bonchev–Trinajstić information content (AvgIpc) is 3.02. The van der Waals surface area contributed by atoms with Crippen LogP contribution in [0.2, 0.25) is 5.02 Å². The van der Waals surface area contributed by atoms with Gasteiger partial charge in [-0.15, -0.1) is 0 Å². The monoisotopic (exact) mass is 309 g/mol. The van der Waals surface area contributed by atoms with Crippen molar-refractivity contribution in [2.24, 2.45) is 0 Å². The SMILES string of the molecule is COc1ccc(Cl)cc1C(=O)NC[C@@H](OC)c1ccco1. The number of hydrogen-bond donors (Lipinski definition) is 1. The molecule has 1 amide bonds. The summed E-state index contributed by atoms with van der Waals surface area (Å²) in [6, 6.07) is 8.43. The summed E-state index contributed by atoms with van der Waals surface area (Å²) in [6.07, 6.45) is 1.21. The zero-order valence-electron chi connectivity index (χ0n) is 11.8. The lowest BCUT2D eigenvalue weighted by Crippen LogP contribution is -2.29. The lowest BCUT2D eigenvalue weighted by Gasteiger charge is -2.15. The van der Waals surface area contributed by atoms with Crippen LogP contribution < -0.4 is 10.1 Å². The number of ether oxygens (including phenoxy) is 2. The van der Waals surface area contributed by atoms with Gasteiger partial charge in [-0.05, 0) is 30.3 Å².